The molecule has 0 spiro atoms. The Balaban J connectivity index is 2.01. The molecule has 0 bridgehead atoms. The van der Waals surface area contributed by atoms with Gasteiger partial charge in [-0.2, -0.15) is 5.10 Å². The zero-order chi connectivity index (χ0) is 8.44. The van der Waals surface area contributed by atoms with E-state index in [1.165, 1.54) is 6.42 Å². The van der Waals surface area contributed by atoms with Gasteiger partial charge in [0.2, 0.25) is 0 Å². The van der Waals surface area contributed by atoms with Crippen LogP contribution in [0.5, 0.6) is 0 Å². The van der Waals surface area contributed by atoms with Crippen LogP contribution < -0.4 is 0 Å². The van der Waals surface area contributed by atoms with Gasteiger partial charge >= 0.3 is 0 Å². The quantitative estimate of drug-likeness (QED) is 0.677. The maximum absolute atomic E-state index is 5.24. The molecule has 1 aromatic heterocycles. The molecule has 12 heavy (non-hydrogen) atoms. The van der Waals surface area contributed by atoms with Crippen molar-refractivity contribution in [3.05, 3.63) is 18.5 Å². The van der Waals surface area contributed by atoms with Crippen LogP contribution in [-0.4, -0.2) is 23.0 Å². The van der Waals surface area contributed by atoms with Gasteiger partial charge < -0.3 is 4.74 Å². The molecule has 1 aliphatic heterocycles. The summed E-state index contributed by atoms with van der Waals surface area (Å²) < 4.78 is 7.23. The summed E-state index contributed by atoms with van der Waals surface area (Å²) in [6.45, 7) is 5.00. The second-order valence-corrected chi connectivity index (χ2v) is 3.55. The number of hydrogen-bond acceptors (Lipinski definition) is 2. The van der Waals surface area contributed by atoms with Crippen LogP contribution in [0.1, 0.15) is 13.3 Å². The Morgan fingerprint density at radius 1 is 1.58 bits per heavy atom. The third-order valence-corrected chi connectivity index (χ3v) is 2.62. The van der Waals surface area contributed by atoms with Crippen molar-refractivity contribution in [3.63, 3.8) is 0 Å². The normalized spacial score (nSPS) is 20.4. The van der Waals surface area contributed by atoms with E-state index in [4.69, 9.17) is 4.74 Å². The van der Waals surface area contributed by atoms with Crippen molar-refractivity contribution in [1.82, 2.24) is 9.78 Å². The van der Waals surface area contributed by atoms with Crippen LogP contribution in [-0.2, 0) is 11.3 Å². The van der Waals surface area contributed by atoms with Crippen molar-refractivity contribution in [1.29, 1.82) is 0 Å². The summed E-state index contributed by atoms with van der Waals surface area (Å²) in [5, 5.41) is 4.19. The van der Waals surface area contributed by atoms with Crippen molar-refractivity contribution in [2.24, 2.45) is 5.41 Å². The van der Waals surface area contributed by atoms with Gasteiger partial charge in [-0.1, -0.05) is 6.92 Å². The van der Waals surface area contributed by atoms with E-state index in [-0.39, 0.29) is 0 Å². The first-order chi connectivity index (χ1) is 5.85. The molecular weight excluding hydrogens is 152 g/mol. The molecule has 0 unspecified atom stereocenters. The van der Waals surface area contributed by atoms with Crippen LogP contribution in [0, 0.1) is 5.41 Å². The van der Waals surface area contributed by atoms with Crippen LogP contribution >= 0.6 is 0 Å². The molecule has 0 atom stereocenters. The van der Waals surface area contributed by atoms with E-state index in [1.807, 2.05) is 23.1 Å². The van der Waals surface area contributed by atoms with Crippen molar-refractivity contribution in [3.8, 4) is 0 Å². The average molecular weight is 166 g/mol. The van der Waals surface area contributed by atoms with Crippen molar-refractivity contribution >= 4 is 0 Å². The first-order valence-corrected chi connectivity index (χ1v) is 4.40. The zero-order valence-corrected chi connectivity index (χ0v) is 7.36. The van der Waals surface area contributed by atoms with Crippen LogP contribution in [0.15, 0.2) is 18.5 Å². The van der Waals surface area contributed by atoms with Gasteiger partial charge in [-0.3, -0.25) is 4.68 Å². The standard InChI is InChI=1S/C9H14N2O/c1-2-9(7-12-8-9)6-11-5-3-4-10-11/h3-5H,2,6-8H2,1H3. The van der Waals surface area contributed by atoms with E-state index in [9.17, 15) is 0 Å². The maximum Gasteiger partial charge on any atom is 0.0562 e. The Bertz CT molecular complexity index is 234. The molecular formula is C9H14N2O. The SMILES string of the molecule is CCC1(Cn2cccn2)COC1. The topological polar surface area (TPSA) is 27.1 Å². The Hall–Kier alpha value is -0.830. The zero-order valence-electron chi connectivity index (χ0n) is 7.36. The second kappa shape index (κ2) is 2.90. The third kappa shape index (κ3) is 1.25. The molecule has 0 N–H and O–H groups in total. The molecule has 0 radical (unpaired) electrons. The number of nitrogens with zero attached hydrogens (tertiary/aromatic N) is 2. The summed E-state index contributed by atoms with van der Waals surface area (Å²) >= 11 is 0. The Kier molecular flexibility index (Phi) is 1.89. The van der Waals surface area contributed by atoms with Crippen molar-refractivity contribution in [2.45, 2.75) is 19.9 Å². The number of rotatable bonds is 3. The van der Waals surface area contributed by atoms with E-state index >= 15 is 0 Å². The van der Waals surface area contributed by atoms with E-state index < -0.39 is 0 Å². The lowest BCUT2D eigenvalue weighted by Crippen LogP contribution is -2.45. The molecule has 1 aromatic rings. The highest BCUT2D eigenvalue weighted by atomic mass is 16.5. The fourth-order valence-electron chi connectivity index (χ4n) is 1.54. The number of ether oxygens (including phenoxy) is 1. The molecule has 1 fully saturated rings. The molecule has 66 valence electrons. The van der Waals surface area contributed by atoms with E-state index in [1.54, 1.807) is 0 Å². The molecule has 0 aromatic carbocycles. The van der Waals surface area contributed by atoms with Crippen LogP contribution in [0.3, 0.4) is 0 Å². The third-order valence-electron chi connectivity index (χ3n) is 2.62. The average Bonchev–Trinajstić information content (AvgIpc) is 2.49. The second-order valence-electron chi connectivity index (χ2n) is 3.55. The molecule has 2 rings (SSSR count). The summed E-state index contributed by atoms with van der Waals surface area (Å²) in [5.74, 6) is 0. The van der Waals surface area contributed by atoms with Gasteiger partial charge in [0, 0.05) is 17.8 Å². The monoisotopic (exact) mass is 166 g/mol. The lowest BCUT2D eigenvalue weighted by atomic mass is 9.83. The maximum atomic E-state index is 5.24. The molecule has 2 heterocycles. The largest absolute Gasteiger partial charge is 0.380 e. The predicted molar refractivity (Wildman–Crippen MR) is 45.8 cm³/mol. The number of aromatic nitrogens is 2. The van der Waals surface area contributed by atoms with Crippen molar-refractivity contribution < 1.29 is 4.74 Å². The fourth-order valence-corrected chi connectivity index (χ4v) is 1.54. The molecule has 0 aliphatic carbocycles. The summed E-state index contributed by atoms with van der Waals surface area (Å²) in [4.78, 5) is 0. The molecule has 3 heteroatoms. The lowest BCUT2D eigenvalue weighted by Gasteiger charge is -2.40. The van der Waals surface area contributed by atoms with E-state index in [0.29, 0.717) is 5.41 Å². The minimum absolute atomic E-state index is 0.367. The van der Waals surface area contributed by atoms with Crippen LogP contribution in [0.25, 0.3) is 0 Å². The van der Waals surface area contributed by atoms with Gasteiger partial charge in [0.1, 0.15) is 0 Å². The Morgan fingerprint density at radius 3 is 2.83 bits per heavy atom. The molecule has 0 amide bonds. The summed E-state index contributed by atoms with van der Waals surface area (Å²) in [6.07, 6.45) is 5.01. The molecule has 0 saturated carbocycles. The van der Waals surface area contributed by atoms with Gasteiger partial charge in [0.05, 0.1) is 19.8 Å². The Labute approximate surface area is 72.3 Å². The predicted octanol–water partition coefficient (Wildman–Crippen LogP) is 1.31. The highest BCUT2D eigenvalue weighted by molar-refractivity contribution is 4.87. The van der Waals surface area contributed by atoms with Crippen LogP contribution in [0.2, 0.25) is 0 Å². The van der Waals surface area contributed by atoms with Gasteiger partial charge in [-0.25, -0.2) is 0 Å². The highest BCUT2D eigenvalue weighted by Gasteiger charge is 2.37. The van der Waals surface area contributed by atoms with E-state index in [0.717, 1.165) is 19.8 Å². The van der Waals surface area contributed by atoms with E-state index in [2.05, 4.69) is 12.0 Å². The number of hydrogen-bond donors (Lipinski definition) is 0. The summed E-state index contributed by atoms with van der Waals surface area (Å²) in [7, 11) is 0. The molecule has 1 aliphatic rings. The van der Waals surface area contributed by atoms with Gasteiger partial charge in [-0.15, -0.1) is 0 Å². The van der Waals surface area contributed by atoms with Gasteiger partial charge in [0.25, 0.3) is 0 Å². The first kappa shape index (κ1) is 7.80. The lowest BCUT2D eigenvalue weighted by molar-refractivity contribution is -0.125. The first-order valence-electron chi connectivity index (χ1n) is 4.40. The molecule has 1 saturated heterocycles. The molecule has 3 nitrogen and oxygen atoms in total. The highest BCUT2D eigenvalue weighted by Crippen LogP contribution is 2.32. The Morgan fingerprint density at radius 2 is 2.42 bits per heavy atom. The van der Waals surface area contributed by atoms with Gasteiger partial charge in [0.15, 0.2) is 0 Å². The van der Waals surface area contributed by atoms with Gasteiger partial charge in [-0.05, 0) is 12.5 Å². The summed E-state index contributed by atoms with van der Waals surface area (Å²) in [6, 6.07) is 1.96. The fraction of sp³-hybridized carbons (Fsp3) is 0.667. The summed E-state index contributed by atoms with van der Waals surface area (Å²) in [5.41, 5.74) is 0.367. The minimum Gasteiger partial charge on any atom is -0.380 e. The smallest absolute Gasteiger partial charge is 0.0562 e. The van der Waals surface area contributed by atoms with Crippen LogP contribution in [0.4, 0.5) is 0 Å². The van der Waals surface area contributed by atoms with Crippen molar-refractivity contribution in [2.75, 3.05) is 13.2 Å². The minimum atomic E-state index is 0.367.